The Labute approximate surface area is 204 Å². The van der Waals surface area contributed by atoms with Gasteiger partial charge < -0.3 is 30.8 Å². The number of rotatable bonds is 7. The topological polar surface area (TPSA) is 92.1 Å². The Bertz CT molecular complexity index is 887. The van der Waals surface area contributed by atoms with Gasteiger partial charge in [-0.1, -0.05) is 12.8 Å². The second-order valence-corrected chi connectivity index (χ2v) is 10.0. The highest BCUT2D eigenvalue weighted by Crippen LogP contribution is 2.40. The number of hydrogen-bond donors (Lipinski definition) is 4. The summed E-state index contributed by atoms with van der Waals surface area (Å²) in [4.78, 5) is 20.2. The Hall–Kier alpha value is -2.65. The van der Waals surface area contributed by atoms with Gasteiger partial charge in [0.15, 0.2) is 0 Å². The van der Waals surface area contributed by atoms with Gasteiger partial charge in [-0.05, 0) is 44.0 Å². The maximum Gasteiger partial charge on any atom is 0.228 e. The van der Waals surface area contributed by atoms with Crippen molar-refractivity contribution in [2.45, 2.75) is 44.9 Å². The normalized spacial score (nSPS) is 27.2. The number of nitrogens with two attached hydrogens (primary N) is 1. The van der Waals surface area contributed by atoms with Gasteiger partial charge in [0.1, 0.15) is 6.17 Å². The zero-order valence-electron chi connectivity index (χ0n) is 21.3. The maximum absolute atomic E-state index is 13.4. The van der Waals surface area contributed by atoms with Crippen LogP contribution >= 0.6 is 0 Å². The van der Waals surface area contributed by atoms with Crippen molar-refractivity contribution in [2.75, 3.05) is 47.8 Å². The number of amides is 1. The number of allylic oxidation sites excluding steroid dienone is 1. The second kappa shape index (κ2) is 10.3. The van der Waals surface area contributed by atoms with Crippen molar-refractivity contribution < 1.29 is 4.79 Å². The van der Waals surface area contributed by atoms with E-state index in [4.69, 9.17) is 5.73 Å². The van der Waals surface area contributed by atoms with Crippen molar-refractivity contribution in [3.05, 3.63) is 47.2 Å². The minimum atomic E-state index is -0.274. The van der Waals surface area contributed by atoms with Crippen molar-refractivity contribution in [1.82, 2.24) is 35.8 Å². The van der Waals surface area contributed by atoms with Crippen LogP contribution in [0.1, 0.15) is 32.6 Å². The lowest BCUT2D eigenvalue weighted by molar-refractivity contribution is -0.124. The van der Waals surface area contributed by atoms with E-state index < -0.39 is 0 Å². The fraction of sp³-hybridized carbons (Fsp3) is 0.640. The van der Waals surface area contributed by atoms with E-state index in [9.17, 15) is 4.79 Å². The molecule has 1 saturated carbocycles. The van der Waals surface area contributed by atoms with E-state index in [1.165, 1.54) is 37.0 Å². The molecule has 0 radical (unpaired) electrons. The minimum absolute atomic E-state index is 0.0376. The largest absolute Gasteiger partial charge is 0.405 e. The lowest BCUT2D eigenvalue weighted by Gasteiger charge is -2.37. The van der Waals surface area contributed by atoms with Crippen LogP contribution in [0.3, 0.4) is 0 Å². The van der Waals surface area contributed by atoms with Crippen LogP contribution in [0.4, 0.5) is 0 Å². The van der Waals surface area contributed by atoms with Crippen molar-refractivity contribution >= 4 is 5.91 Å². The van der Waals surface area contributed by atoms with E-state index in [0.717, 1.165) is 24.5 Å². The van der Waals surface area contributed by atoms with Gasteiger partial charge in [0.25, 0.3) is 0 Å². The molecule has 3 heterocycles. The van der Waals surface area contributed by atoms with Crippen LogP contribution in [0.15, 0.2) is 47.2 Å². The number of carbonyl (C=O) groups is 1. The van der Waals surface area contributed by atoms with Crippen molar-refractivity contribution in [3.8, 4) is 0 Å². The summed E-state index contributed by atoms with van der Waals surface area (Å²) in [6, 6.07) is 0. The average Bonchev–Trinajstić information content (AvgIpc) is 3.54. The first-order chi connectivity index (χ1) is 16.3. The number of nitrogens with one attached hydrogen (secondary N) is 3. The van der Waals surface area contributed by atoms with E-state index in [1.54, 1.807) is 6.20 Å². The number of likely N-dealkylation sites (N-methyl/N-ethyl adjacent to an activating group) is 2. The maximum atomic E-state index is 13.4. The Morgan fingerprint density at radius 3 is 2.59 bits per heavy atom. The first kappa shape index (κ1) is 24.5. The molecule has 0 aromatic rings. The lowest BCUT2D eigenvalue weighted by atomic mass is 10.0. The van der Waals surface area contributed by atoms with Crippen molar-refractivity contribution in [2.24, 2.45) is 17.6 Å². The summed E-state index contributed by atoms with van der Waals surface area (Å²) in [5.41, 5.74) is 13.7. The molecule has 0 spiro atoms. The summed E-state index contributed by atoms with van der Waals surface area (Å²) >= 11 is 0. The molecule has 1 aliphatic carbocycles. The van der Waals surface area contributed by atoms with Gasteiger partial charge in [-0.25, -0.2) is 5.43 Å². The summed E-state index contributed by atoms with van der Waals surface area (Å²) in [6.07, 6.45) is 13.2. The monoisotopic (exact) mass is 470 g/mol. The van der Waals surface area contributed by atoms with Gasteiger partial charge in [0, 0.05) is 58.8 Å². The molecule has 1 fully saturated rings. The van der Waals surface area contributed by atoms with E-state index in [1.807, 2.05) is 25.1 Å². The third-order valence-corrected chi connectivity index (χ3v) is 7.86. The zero-order valence-corrected chi connectivity index (χ0v) is 21.3. The van der Waals surface area contributed by atoms with E-state index >= 15 is 0 Å². The van der Waals surface area contributed by atoms with Crippen LogP contribution in [0.25, 0.3) is 0 Å². The SMILES string of the molecule is CC(C(=O)NCC1NCC=C(C2=CN(C)NC2)N1C)C1=C(/C=C\N)N(C)C(C2CCCC2)N1C. The molecule has 0 saturated heterocycles. The zero-order chi connectivity index (χ0) is 24.4. The van der Waals surface area contributed by atoms with Gasteiger partial charge in [-0.2, -0.15) is 0 Å². The molecule has 9 nitrogen and oxygen atoms in total. The third kappa shape index (κ3) is 4.63. The quantitative estimate of drug-likeness (QED) is 0.436. The van der Waals surface area contributed by atoms with Gasteiger partial charge in [-0.15, -0.1) is 0 Å². The summed E-state index contributed by atoms with van der Waals surface area (Å²) in [6.45, 7) is 4.14. The molecule has 34 heavy (non-hydrogen) atoms. The molecular weight excluding hydrogens is 428 g/mol. The van der Waals surface area contributed by atoms with Gasteiger partial charge >= 0.3 is 0 Å². The minimum Gasteiger partial charge on any atom is -0.405 e. The highest BCUT2D eigenvalue weighted by Gasteiger charge is 2.41. The Kier molecular flexibility index (Phi) is 7.42. The average molecular weight is 471 g/mol. The molecular formula is C25H42N8O. The fourth-order valence-electron chi connectivity index (χ4n) is 6.09. The van der Waals surface area contributed by atoms with Crippen LogP contribution in [-0.2, 0) is 4.79 Å². The smallest absolute Gasteiger partial charge is 0.228 e. The van der Waals surface area contributed by atoms with Gasteiger partial charge in [0.2, 0.25) is 5.91 Å². The summed E-state index contributed by atoms with van der Waals surface area (Å²) in [5.74, 6) is 0.384. The van der Waals surface area contributed by atoms with Crippen molar-refractivity contribution in [3.63, 3.8) is 0 Å². The first-order valence-corrected chi connectivity index (χ1v) is 12.5. The molecule has 3 atom stereocenters. The molecule has 9 heteroatoms. The standard InChI is InChI=1S/C25H42N8O/c1-17(23-21(10-12-26)32(4)25(33(23)5)18-8-6-7-9-18)24(34)28-15-22-27-13-11-20(31(22)3)19-14-29-30(2)16-19/h10-12,16-18,22,25,27,29H,6-9,13-15,26H2,1-5H3,(H,28,34)/b12-10-. The molecule has 0 bridgehead atoms. The predicted octanol–water partition coefficient (Wildman–Crippen LogP) is 0.895. The number of nitrogens with zero attached hydrogens (tertiary/aromatic N) is 4. The Morgan fingerprint density at radius 2 is 1.94 bits per heavy atom. The van der Waals surface area contributed by atoms with Crippen LogP contribution in [-0.4, -0.2) is 85.8 Å². The number of hydrazine groups is 1. The summed E-state index contributed by atoms with van der Waals surface area (Å²) < 4.78 is 0. The molecule has 3 aliphatic heterocycles. The molecule has 3 unspecified atom stereocenters. The van der Waals surface area contributed by atoms with Crippen LogP contribution < -0.4 is 21.8 Å². The molecule has 0 aromatic carbocycles. The first-order valence-electron chi connectivity index (χ1n) is 12.5. The molecule has 5 N–H and O–H groups in total. The third-order valence-electron chi connectivity index (χ3n) is 7.86. The lowest BCUT2D eigenvalue weighted by Crippen LogP contribution is -2.54. The predicted molar refractivity (Wildman–Crippen MR) is 135 cm³/mol. The fourth-order valence-corrected chi connectivity index (χ4v) is 6.09. The van der Waals surface area contributed by atoms with Crippen molar-refractivity contribution in [1.29, 1.82) is 0 Å². The van der Waals surface area contributed by atoms with Crippen LogP contribution in [0.5, 0.6) is 0 Å². The molecule has 188 valence electrons. The van der Waals surface area contributed by atoms with Gasteiger partial charge in [-0.3, -0.25) is 10.1 Å². The summed E-state index contributed by atoms with van der Waals surface area (Å²) in [7, 11) is 8.34. The van der Waals surface area contributed by atoms with Crippen LogP contribution in [0, 0.1) is 11.8 Å². The summed E-state index contributed by atoms with van der Waals surface area (Å²) in [5, 5.41) is 8.70. The molecule has 1 amide bonds. The second-order valence-electron chi connectivity index (χ2n) is 10.0. The number of hydrogen-bond acceptors (Lipinski definition) is 8. The Balaban J connectivity index is 1.42. The highest BCUT2D eigenvalue weighted by atomic mass is 16.1. The van der Waals surface area contributed by atoms with Crippen LogP contribution in [0.2, 0.25) is 0 Å². The number of carbonyl (C=O) groups excluding carboxylic acids is 1. The molecule has 0 aromatic heterocycles. The van der Waals surface area contributed by atoms with E-state index in [2.05, 4.69) is 64.2 Å². The molecule has 4 rings (SSSR count). The molecule has 4 aliphatic rings. The van der Waals surface area contributed by atoms with Gasteiger partial charge in [0.05, 0.1) is 30.0 Å². The van der Waals surface area contributed by atoms with E-state index in [0.29, 0.717) is 12.5 Å². The highest BCUT2D eigenvalue weighted by molar-refractivity contribution is 5.81. The van der Waals surface area contributed by atoms with E-state index in [-0.39, 0.29) is 24.2 Å². The Morgan fingerprint density at radius 1 is 1.21 bits per heavy atom.